The molecule has 0 saturated heterocycles. The van der Waals surface area contributed by atoms with Crippen LogP contribution in [0.3, 0.4) is 0 Å². The van der Waals surface area contributed by atoms with Crippen LogP contribution in [0.2, 0.25) is 9.26 Å². The molecule has 4 aromatic carbocycles. The van der Waals surface area contributed by atoms with Crippen LogP contribution in [-0.4, -0.2) is 0 Å². The van der Waals surface area contributed by atoms with Crippen LogP contribution in [0.25, 0.3) is 34.4 Å². The van der Waals surface area contributed by atoms with Crippen molar-refractivity contribution in [2.75, 3.05) is 0 Å². The number of fused-ring (bicyclic) bond motifs is 2. The van der Waals surface area contributed by atoms with Crippen molar-refractivity contribution in [1.29, 1.82) is 0 Å². The zero-order chi connectivity index (χ0) is 33.2. The molecule has 6 rings (SSSR count). The van der Waals surface area contributed by atoms with Crippen LogP contribution >= 0.6 is 0 Å². The van der Waals surface area contributed by atoms with Gasteiger partial charge in [-0.2, -0.15) is 0 Å². The first kappa shape index (κ1) is 33.2. The predicted molar refractivity (Wildman–Crippen MR) is 199 cm³/mol. The Bertz CT molecular complexity index is 1810. The molecule has 1 heteroatoms. The van der Waals surface area contributed by atoms with E-state index < -0.39 is 20.3 Å². The first-order valence-corrected chi connectivity index (χ1v) is 25.3. The first-order valence-electron chi connectivity index (χ1n) is 17.5. The van der Waals surface area contributed by atoms with Crippen molar-refractivity contribution in [3.05, 3.63) is 129 Å². The molecule has 0 saturated carbocycles. The minimum absolute atomic E-state index is 0.156. The molecular weight excluding hydrogens is 632 g/mol. The molecule has 0 aromatic heterocycles. The molecule has 0 nitrogen and oxygen atoms in total. The van der Waals surface area contributed by atoms with Crippen molar-refractivity contribution in [3.8, 4) is 22.3 Å². The van der Waals surface area contributed by atoms with Gasteiger partial charge in [0.05, 0.1) is 0 Å². The molecular formula is C45H54Zr. The van der Waals surface area contributed by atoms with Crippen molar-refractivity contribution < 1.29 is 20.3 Å². The predicted octanol–water partition coefficient (Wildman–Crippen LogP) is 13.5. The van der Waals surface area contributed by atoms with E-state index in [0.717, 1.165) is 6.42 Å². The fourth-order valence-electron chi connectivity index (χ4n) is 8.37. The van der Waals surface area contributed by atoms with Crippen LogP contribution < -0.4 is 0 Å². The topological polar surface area (TPSA) is 0 Å². The van der Waals surface area contributed by atoms with Crippen molar-refractivity contribution in [3.63, 3.8) is 0 Å². The number of hydrogen-bond acceptors (Lipinski definition) is 0. The van der Waals surface area contributed by atoms with Gasteiger partial charge in [-0.05, 0) is 0 Å². The van der Waals surface area contributed by atoms with Crippen LogP contribution in [-0.2, 0) is 31.1 Å². The Hall–Kier alpha value is -2.76. The number of benzene rings is 4. The second-order valence-corrected chi connectivity index (χ2v) is 28.6. The summed E-state index contributed by atoms with van der Waals surface area (Å²) in [6.45, 7) is 21.0. The molecule has 0 fully saturated rings. The van der Waals surface area contributed by atoms with E-state index in [9.17, 15) is 0 Å². The van der Waals surface area contributed by atoms with Gasteiger partial charge in [0.25, 0.3) is 0 Å². The van der Waals surface area contributed by atoms with Crippen molar-refractivity contribution >= 4 is 12.2 Å². The molecule has 0 N–H and O–H groups in total. The third kappa shape index (κ3) is 5.81. The van der Waals surface area contributed by atoms with Gasteiger partial charge in [0, 0.05) is 0 Å². The molecule has 2 atom stereocenters. The van der Waals surface area contributed by atoms with Gasteiger partial charge in [0.1, 0.15) is 0 Å². The molecule has 4 aromatic rings. The molecule has 0 radical (unpaired) electrons. The van der Waals surface area contributed by atoms with Gasteiger partial charge in [-0.15, -0.1) is 0 Å². The molecule has 0 aliphatic heterocycles. The van der Waals surface area contributed by atoms with Gasteiger partial charge in [0.15, 0.2) is 0 Å². The summed E-state index contributed by atoms with van der Waals surface area (Å²) in [6.07, 6.45) is 6.31. The Kier molecular flexibility index (Phi) is 8.68. The van der Waals surface area contributed by atoms with Gasteiger partial charge < -0.3 is 0 Å². The maximum atomic E-state index is 2.75. The number of hydrogen-bond donors (Lipinski definition) is 0. The van der Waals surface area contributed by atoms with Gasteiger partial charge in [-0.1, -0.05) is 0 Å². The minimum atomic E-state index is -3.02. The summed E-state index contributed by atoms with van der Waals surface area (Å²) >= 11 is -3.02. The van der Waals surface area contributed by atoms with E-state index in [0.29, 0.717) is 13.2 Å². The van der Waals surface area contributed by atoms with Crippen LogP contribution in [0.1, 0.15) is 109 Å². The molecule has 2 aliphatic carbocycles. The van der Waals surface area contributed by atoms with Crippen LogP contribution in [0.4, 0.5) is 0 Å². The summed E-state index contributed by atoms with van der Waals surface area (Å²) in [5.41, 5.74) is 18.0. The SMILES string of the molecule is CCC1=Cc2c(-c3ccc(C(C)(C)C)cc3)cccc2[CH]1[Zr]([CH3])([CH3])[CH]1C(C(C)C)=Cc2c(-c3ccc(C(C)(C)C)cc3)cccc21. The van der Waals surface area contributed by atoms with E-state index in [1.54, 1.807) is 22.3 Å². The zero-order valence-corrected chi connectivity index (χ0v) is 32.6. The summed E-state index contributed by atoms with van der Waals surface area (Å²) in [4.78, 5) is 0. The molecule has 0 heterocycles. The fourth-order valence-corrected chi connectivity index (χ4v) is 20.6. The molecule has 46 heavy (non-hydrogen) atoms. The van der Waals surface area contributed by atoms with E-state index in [4.69, 9.17) is 0 Å². The summed E-state index contributed by atoms with van der Waals surface area (Å²) < 4.78 is 6.63. The average molecular weight is 686 g/mol. The van der Waals surface area contributed by atoms with Crippen molar-refractivity contribution in [2.24, 2.45) is 5.92 Å². The standard InChI is InChI=1S/C22H25.C21H23.2CH3.Zr/c1-15(2)18-13-17-7-6-8-20(21(17)14-18)16-9-11-19(12-10-16)22(3,4)5;1-5-15-13-17-7-6-8-19(20(17)14-15)16-9-11-18(12-10-16)21(2,3)4;;;/h6-15H,1-5H3;6-14H,5H2,1-4H3;2*1H3;. The van der Waals surface area contributed by atoms with Crippen LogP contribution in [0.15, 0.2) is 96.1 Å². The summed E-state index contributed by atoms with van der Waals surface area (Å²) in [5.74, 6) is 0.520. The Morgan fingerprint density at radius 3 is 1.43 bits per heavy atom. The van der Waals surface area contributed by atoms with E-state index in [-0.39, 0.29) is 10.8 Å². The zero-order valence-electron chi connectivity index (χ0n) is 30.2. The number of allylic oxidation sites excluding steroid dienone is 2. The van der Waals surface area contributed by atoms with Gasteiger partial charge in [-0.3, -0.25) is 0 Å². The second-order valence-electron chi connectivity index (χ2n) is 16.8. The average Bonchev–Trinajstić information content (AvgIpc) is 3.60. The fraction of sp³-hybridized carbons (Fsp3) is 0.378. The summed E-state index contributed by atoms with van der Waals surface area (Å²) in [7, 11) is 0. The normalized spacial score (nSPS) is 18.0. The van der Waals surface area contributed by atoms with E-state index in [1.165, 1.54) is 44.5 Å². The Morgan fingerprint density at radius 2 is 1.02 bits per heavy atom. The van der Waals surface area contributed by atoms with Crippen molar-refractivity contribution in [2.45, 2.75) is 96.1 Å². The molecule has 0 bridgehead atoms. The summed E-state index contributed by atoms with van der Waals surface area (Å²) in [5, 5.41) is 0. The van der Waals surface area contributed by atoms with Gasteiger partial charge >= 0.3 is 286 Å². The molecule has 0 spiro atoms. The third-order valence-electron chi connectivity index (χ3n) is 10.9. The quantitative estimate of drug-likeness (QED) is 0.189. The first-order chi connectivity index (χ1) is 21.6. The van der Waals surface area contributed by atoms with Crippen LogP contribution in [0.5, 0.6) is 0 Å². The Balaban J connectivity index is 1.44. The Morgan fingerprint density at radius 1 is 0.587 bits per heavy atom. The number of rotatable bonds is 6. The van der Waals surface area contributed by atoms with Crippen molar-refractivity contribution in [1.82, 2.24) is 0 Å². The maximum absolute atomic E-state index is 3.02. The summed E-state index contributed by atoms with van der Waals surface area (Å²) in [6, 6.07) is 33.0. The van der Waals surface area contributed by atoms with Crippen LogP contribution in [0, 0.1) is 5.92 Å². The van der Waals surface area contributed by atoms with Gasteiger partial charge in [0.2, 0.25) is 0 Å². The molecule has 2 aliphatic rings. The monoisotopic (exact) mass is 684 g/mol. The molecule has 238 valence electrons. The second kappa shape index (κ2) is 12.0. The van der Waals surface area contributed by atoms with Gasteiger partial charge in [-0.25, -0.2) is 0 Å². The Labute approximate surface area is 284 Å². The van der Waals surface area contributed by atoms with E-state index in [2.05, 4.69) is 169 Å². The molecule has 0 amide bonds. The van der Waals surface area contributed by atoms with E-state index in [1.807, 2.05) is 0 Å². The molecule has 2 unspecified atom stereocenters. The van der Waals surface area contributed by atoms with E-state index >= 15 is 0 Å². The third-order valence-corrected chi connectivity index (χ3v) is 21.5.